The van der Waals surface area contributed by atoms with Crippen LogP contribution in [0.15, 0.2) is 4.99 Å². The average Bonchev–Trinajstić information content (AvgIpc) is 2.57. The number of likely N-dealkylation sites (tertiary alicyclic amines) is 1. The molecule has 0 amide bonds. The van der Waals surface area contributed by atoms with Crippen molar-refractivity contribution in [2.45, 2.75) is 46.0 Å². The summed E-state index contributed by atoms with van der Waals surface area (Å²) in [5.41, 5.74) is 0. The highest BCUT2D eigenvalue weighted by Gasteiger charge is 2.18. The summed E-state index contributed by atoms with van der Waals surface area (Å²) in [7, 11) is 1.84. The zero-order chi connectivity index (χ0) is 16.0. The Labute approximate surface area is 160 Å². The molecule has 1 aliphatic rings. The number of aliphatic imine (C=N–C) groups is 1. The minimum atomic E-state index is 0. The van der Waals surface area contributed by atoms with Gasteiger partial charge in [-0.2, -0.15) is 0 Å². The van der Waals surface area contributed by atoms with E-state index in [2.05, 4.69) is 34.4 Å². The van der Waals surface area contributed by atoms with E-state index in [0.29, 0.717) is 0 Å². The van der Waals surface area contributed by atoms with Crippen LogP contribution in [0.5, 0.6) is 0 Å². The summed E-state index contributed by atoms with van der Waals surface area (Å²) in [5, 5.41) is 6.84. The summed E-state index contributed by atoms with van der Waals surface area (Å²) >= 11 is 0. The molecule has 0 aromatic rings. The quantitative estimate of drug-likeness (QED) is 0.237. The third-order valence-electron chi connectivity index (χ3n) is 4.23. The van der Waals surface area contributed by atoms with Gasteiger partial charge in [-0.1, -0.05) is 20.3 Å². The number of nitrogens with zero attached hydrogens (tertiary/aromatic N) is 2. The molecule has 0 saturated carbocycles. The van der Waals surface area contributed by atoms with Crippen molar-refractivity contribution in [1.29, 1.82) is 0 Å². The third-order valence-corrected chi connectivity index (χ3v) is 4.23. The molecule has 1 atom stereocenters. The summed E-state index contributed by atoms with van der Waals surface area (Å²) in [5.74, 6) is 1.66. The molecule has 0 bridgehead atoms. The van der Waals surface area contributed by atoms with Crippen LogP contribution in [0.2, 0.25) is 0 Å². The van der Waals surface area contributed by atoms with Crippen LogP contribution in [0.25, 0.3) is 0 Å². The first kappa shape index (κ1) is 22.9. The molecule has 1 fully saturated rings. The van der Waals surface area contributed by atoms with Gasteiger partial charge in [0, 0.05) is 39.9 Å². The Hall–Kier alpha value is -0.0800. The molecule has 1 aliphatic heterocycles. The average molecular weight is 440 g/mol. The van der Waals surface area contributed by atoms with E-state index in [-0.39, 0.29) is 24.0 Å². The largest absolute Gasteiger partial charge is 0.381 e. The van der Waals surface area contributed by atoms with Crippen LogP contribution in [-0.2, 0) is 4.74 Å². The number of unbranched alkanes of at least 4 members (excludes halogenated alkanes) is 1. The van der Waals surface area contributed by atoms with Crippen molar-refractivity contribution < 1.29 is 4.74 Å². The molecule has 6 heteroatoms. The standard InChI is InChI=1S/C17H36N4O.HI/c1-4-6-12-22-13-8-10-19-17(18-3)20-14-16-9-7-11-21(5-2)15-16;/h16H,4-15H2,1-3H3,(H2,18,19,20);1H. The van der Waals surface area contributed by atoms with Gasteiger partial charge in [0.15, 0.2) is 5.96 Å². The van der Waals surface area contributed by atoms with Crippen molar-refractivity contribution in [3.05, 3.63) is 0 Å². The summed E-state index contributed by atoms with van der Waals surface area (Å²) in [4.78, 5) is 6.84. The van der Waals surface area contributed by atoms with E-state index in [1.807, 2.05) is 7.05 Å². The molecular weight excluding hydrogens is 403 g/mol. The van der Waals surface area contributed by atoms with E-state index in [1.165, 1.54) is 38.9 Å². The Balaban J connectivity index is 0.00000484. The SMILES string of the molecule is CCCCOCCCNC(=NC)NCC1CCCN(CC)C1.I. The zero-order valence-electron chi connectivity index (χ0n) is 15.3. The predicted molar refractivity (Wildman–Crippen MR) is 110 cm³/mol. The Morgan fingerprint density at radius 1 is 1.22 bits per heavy atom. The summed E-state index contributed by atoms with van der Waals surface area (Å²) < 4.78 is 5.56. The maximum atomic E-state index is 5.56. The maximum Gasteiger partial charge on any atom is 0.190 e. The van der Waals surface area contributed by atoms with E-state index in [9.17, 15) is 0 Å². The fraction of sp³-hybridized carbons (Fsp3) is 0.941. The molecule has 0 aliphatic carbocycles. The van der Waals surface area contributed by atoms with Crippen LogP contribution in [-0.4, -0.2) is 63.8 Å². The Kier molecular flexibility index (Phi) is 15.4. The molecule has 2 N–H and O–H groups in total. The highest BCUT2D eigenvalue weighted by Crippen LogP contribution is 2.14. The lowest BCUT2D eigenvalue weighted by Crippen LogP contribution is -2.44. The molecule has 0 spiro atoms. The minimum Gasteiger partial charge on any atom is -0.381 e. The zero-order valence-corrected chi connectivity index (χ0v) is 17.6. The smallest absolute Gasteiger partial charge is 0.190 e. The van der Waals surface area contributed by atoms with Gasteiger partial charge in [-0.05, 0) is 44.7 Å². The lowest BCUT2D eigenvalue weighted by atomic mass is 9.98. The van der Waals surface area contributed by atoms with Gasteiger partial charge >= 0.3 is 0 Å². The second-order valence-electron chi connectivity index (χ2n) is 6.10. The topological polar surface area (TPSA) is 48.9 Å². The molecule has 1 heterocycles. The number of nitrogens with one attached hydrogen (secondary N) is 2. The summed E-state index contributed by atoms with van der Waals surface area (Å²) in [6.07, 6.45) is 6.03. The summed E-state index contributed by atoms with van der Waals surface area (Å²) in [6, 6.07) is 0. The molecule has 0 aromatic heterocycles. The number of hydrogen-bond acceptors (Lipinski definition) is 3. The number of piperidine rings is 1. The van der Waals surface area contributed by atoms with Gasteiger partial charge in [0.1, 0.15) is 0 Å². The van der Waals surface area contributed by atoms with Gasteiger partial charge in [0.05, 0.1) is 0 Å². The molecule has 0 radical (unpaired) electrons. The van der Waals surface area contributed by atoms with Gasteiger partial charge < -0.3 is 20.3 Å². The lowest BCUT2D eigenvalue weighted by molar-refractivity contribution is 0.129. The molecule has 1 unspecified atom stereocenters. The fourth-order valence-corrected chi connectivity index (χ4v) is 2.80. The molecule has 1 rings (SSSR count). The number of hydrogen-bond donors (Lipinski definition) is 2. The molecule has 0 aromatic carbocycles. The number of halogens is 1. The van der Waals surface area contributed by atoms with Crippen LogP contribution >= 0.6 is 24.0 Å². The molecular formula is C17H37IN4O. The van der Waals surface area contributed by atoms with Crippen molar-refractivity contribution in [2.75, 3.05) is 53.0 Å². The highest BCUT2D eigenvalue weighted by molar-refractivity contribution is 14.0. The first-order chi connectivity index (χ1) is 10.8. The third kappa shape index (κ3) is 11.2. The molecule has 23 heavy (non-hydrogen) atoms. The van der Waals surface area contributed by atoms with Crippen molar-refractivity contribution in [3.8, 4) is 0 Å². The number of rotatable bonds is 10. The lowest BCUT2D eigenvalue weighted by Gasteiger charge is -2.32. The highest BCUT2D eigenvalue weighted by atomic mass is 127. The van der Waals surface area contributed by atoms with Crippen LogP contribution in [0, 0.1) is 5.92 Å². The van der Waals surface area contributed by atoms with Crippen molar-refractivity contribution in [2.24, 2.45) is 10.9 Å². The van der Waals surface area contributed by atoms with E-state index < -0.39 is 0 Å². The molecule has 138 valence electrons. The van der Waals surface area contributed by atoms with Gasteiger partial charge in [-0.25, -0.2) is 0 Å². The van der Waals surface area contributed by atoms with Gasteiger partial charge in [0.2, 0.25) is 0 Å². The van der Waals surface area contributed by atoms with Crippen molar-refractivity contribution in [1.82, 2.24) is 15.5 Å². The van der Waals surface area contributed by atoms with Crippen LogP contribution < -0.4 is 10.6 Å². The van der Waals surface area contributed by atoms with Crippen LogP contribution in [0.3, 0.4) is 0 Å². The monoisotopic (exact) mass is 440 g/mol. The Morgan fingerprint density at radius 3 is 2.70 bits per heavy atom. The molecule has 5 nitrogen and oxygen atoms in total. The van der Waals surface area contributed by atoms with Gasteiger partial charge in [-0.15, -0.1) is 24.0 Å². The number of ether oxygens (including phenoxy) is 1. The van der Waals surface area contributed by atoms with Gasteiger partial charge in [-0.3, -0.25) is 4.99 Å². The second-order valence-corrected chi connectivity index (χ2v) is 6.10. The normalized spacial score (nSPS) is 19.3. The first-order valence-electron chi connectivity index (χ1n) is 9.04. The summed E-state index contributed by atoms with van der Waals surface area (Å²) in [6.45, 7) is 11.7. The van der Waals surface area contributed by atoms with E-state index >= 15 is 0 Å². The first-order valence-corrected chi connectivity index (χ1v) is 9.04. The van der Waals surface area contributed by atoms with Crippen molar-refractivity contribution >= 4 is 29.9 Å². The van der Waals surface area contributed by atoms with Crippen LogP contribution in [0.1, 0.15) is 46.0 Å². The Morgan fingerprint density at radius 2 is 2.00 bits per heavy atom. The van der Waals surface area contributed by atoms with E-state index in [0.717, 1.165) is 51.0 Å². The Bertz CT molecular complexity index is 302. The van der Waals surface area contributed by atoms with Gasteiger partial charge in [0.25, 0.3) is 0 Å². The van der Waals surface area contributed by atoms with Crippen molar-refractivity contribution in [3.63, 3.8) is 0 Å². The second kappa shape index (κ2) is 15.4. The maximum absolute atomic E-state index is 5.56. The number of guanidine groups is 1. The van der Waals surface area contributed by atoms with Crippen LogP contribution in [0.4, 0.5) is 0 Å². The van der Waals surface area contributed by atoms with E-state index in [4.69, 9.17) is 4.74 Å². The predicted octanol–water partition coefficient (Wildman–Crippen LogP) is 2.71. The fourth-order valence-electron chi connectivity index (χ4n) is 2.80. The minimum absolute atomic E-state index is 0. The molecule has 1 saturated heterocycles. The van der Waals surface area contributed by atoms with E-state index in [1.54, 1.807) is 0 Å².